The van der Waals surface area contributed by atoms with E-state index in [1.54, 1.807) is 11.0 Å². The number of amidine groups is 1. The van der Waals surface area contributed by atoms with Crippen LogP contribution in [0.2, 0.25) is 0 Å². The molecule has 0 radical (unpaired) electrons. The highest BCUT2D eigenvalue weighted by Crippen LogP contribution is 2.39. The predicted octanol–water partition coefficient (Wildman–Crippen LogP) is 7.36. The van der Waals surface area contributed by atoms with Crippen LogP contribution in [0.3, 0.4) is 0 Å². The van der Waals surface area contributed by atoms with E-state index in [9.17, 15) is 22.0 Å². The molecule has 1 aliphatic heterocycles. The number of rotatable bonds is 6. The van der Waals surface area contributed by atoms with Crippen LogP contribution in [0.25, 0.3) is 11.3 Å². The van der Waals surface area contributed by atoms with Gasteiger partial charge in [-0.2, -0.15) is 13.2 Å². The van der Waals surface area contributed by atoms with Crippen molar-refractivity contribution in [2.24, 2.45) is 10.9 Å². The first-order valence-corrected chi connectivity index (χ1v) is 11.9. The predicted molar refractivity (Wildman–Crippen MR) is 134 cm³/mol. The lowest BCUT2D eigenvalue weighted by atomic mass is 10.1. The monoisotopic (exact) mass is 526 g/mol. The van der Waals surface area contributed by atoms with Gasteiger partial charge in [-0.1, -0.05) is 46.0 Å². The molecule has 1 atom stereocenters. The standard InChI is InChI=1S/C22H21F5N6S.C2H6/c1-3-7-33(10-11(2)22(25,26)27)16-8-12-15(9-28-16)29-20(17-13(23)5-4-6-14(17)24)30-19-18(12)31-32-21(19)34;1-2/h4-6,8-9,11H,3,7,10H2,1-2H3,(H,29,30)(H2,31,32,34);1-2H3. The molecule has 3 N–H and O–H groups in total. The zero-order valence-electron chi connectivity index (χ0n) is 20.2. The number of alkyl halides is 3. The van der Waals surface area contributed by atoms with Crippen LogP contribution in [-0.2, 0) is 0 Å². The van der Waals surface area contributed by atoms with Crippen molar-refractivity contribution in [2.45, 2.75) is 40.3 Å². The molecule has 194 valence electrons. The molecular weight excluding hydrogens is 499 g/mol. The average molecular weight is 527 g/mol. The molecule has 1 aromatic carbocycles. The van der Waals surface area contributed by atoms with Crippen LogP contribution in [0.1, 0.15) is 39.7 Å². The molecule has 0 saturated carbocycles. The fourth-order valence-electron chi connectivity index (χ4n) is 3.69. The van der Waals surface area contributed by atoms with Gasteiger partial charge in [-0.25, -0.2) is 18.8 Å². The van der Waals surface area contributed by atoms with Gasteiger partial charge in [-0.3, -0.25) is 10.2 Å². The fourth-order valence-corrected chi connectivity index (χ4v) is 3.89. The lowest BCUT2D eigenvalue weighted by molar-refractivity contribution is -0.166. The molecule has 3 aromatic rings. The second kappa shape index (κ2) is 11.2. The average Bonchev–Trinajstić information content (AvgIpc) is 3.10. The molecule has 0 spiro atoms. The number of pyridine rings is 1. The summed E-state index contributed by atoms with van der Waals surface area (Å²) >= 11 is 5.29. The van der Waals surface area contributed by atoms with Gasteiger partial charge in [-0.05, 0) is 24.6 Å². The van der Waals surface area contributed by atoms with E-state index in [2.05, 4.69) is 25.5 Å². The number of aliphatic imine (C=N–C) groups is 1. The molecular formula is C24H27F5N6S. The molecule has 0 bridgehead atoms. The van der Waals surface area contributed by atoms with Gasteiger partial charge in [0.05, 0.1) is 29.1 Å². The largest absolute Gasteiger partial charge is 0.393 e. The van der Waals surface area contributed by atoms with E-state index in [1.807, 2.05) is 20.8 Å². The van der Waals surface area contributed by atoms with Gasteiger partial charge in [0.1, 0.15) is 33.6 Å². The first-order chi connectivity index (χ1) is 17.1. The number of benzene rings is 1. The van der Waals surface area contributed by atoms with Crippen LogP contribution in [0.15, 0.2) is 35.5 Å². The van der Waals surface area contributed by atoms with Crippen LogP contribution < -0.4 is 10.2 Å². The molecule has 0 saturated heterocycles. The number of hydrogen-bond acceptors (Lipinski definition) is 5. The summed E-state index contributed by atoms with van der Waals surface area (Å²) in [6, 6.07) is 5.07. The number of nitrogens with one attached hydrogen (secondary N) is 3. The maximum Gasteiger partial charge on any atom is 0.393 e. The van der Waals surface area contributed by atoms with E-state index in [4.69, 9.17) is 12.2 Å². The zero-order chi connectivity index (χ0) is 26.6. The summed E-state index contributed by atoms with van der Waals surface area (Å²) in [4.78, 5) is 10.3. The molecule has 2 aromatic heterocycles. The van der Waals surface area contributed by atoms with Gasteiger partial charge in [-0.15, -0.1) is 0 Å². The Hall–Kier alpha value is -3.28. The molecule has 36 heavy (non-hydrogen) atoms. The van der Waals surface area contributed by atoms with Crippen LogP contribution in [-0.4, -0.2) is 40.3 Å². The Morgan fingerprint density at radius 3 is 2.39 bits per heavy atom. The van der Waals surface area contributed by atoms with Crippen molar-refractivity contribution in [3.8, 4) is 11.3 Å². The second-order valence-corrected chi connectivity index (χ2v) is 8.37. The molecule has 0 amide bonds. The number of fused-ring (bicyclic) bond motifs is 3. The van der Waals surface area contributed by atoms with Gasteiger partial charge in [0.25, 0.3) is 0 Å². The van der Waals surface area contributed by atoms with Crippen LogP contribution in [0.5, 0.6) is 0 Å². The van der Waals surface area contributed by atoms with Crippen molar-refractivity contribution < 1.29 is 22.0 Å². The van der Waals surface area contributed by atoms with E-state index in [1.165, 1.54) is 12.3 Å². The Bertz CT molecular complexity index is 1280. The minimum absolute atomic E-state index is 0.111. The summed E-state index contributed by atoms with van der Waals surface area (Å²) in [7, 11) is 0. The highest BCUT2D eigenvalue weighted by atomic mass is 32.1. The van der Waals surface area contributed by atoms with E-state index in [0.29, 0.717) is 35.7 Å². The number of hydrogen-bond donors (Lipinski definition) is 3. The quantitative estimate of drug-likeness (QED) is 0.232. The first-order valence-electron chi connectivity index (χ1n) is 11.5. The highest BCUT2D eigenvalue weighted by Gasteiger charge is 2.37. The van der Waals surface area contributed by atoms with Gasteiger partial charge >= 0.3 is 6.18 Å². The third-order valence-electron chi connectivity index (χ3n) is 5.46. The fraction of sp³-hybridized carbons (Fsp3) is 0.375. The third kappa shape index (κ3) is 5.58. The van der Waals surface area contributed by atoms with Crippen LogP contribution in [0, 0.1) is 22.2 Å². The molecule has 4 rings (SSSR count). The maximum atomic E-state index is 14.5. The second-order valence-electron chi connectivity index (χ2n) is 7.96. The third-order valence-corrected chi connectivity index (χ3v) is 5.75. The van der Waals surface area contributed by atoms with Gasteiger partial charge in [0, 0.05) is 18.7 Å². The molecule has 12 heteroatoms. The number of nitrogens with zero attached hydrogens (tertiary/aromatic N) is 3. The molecule has 0 aliphatic carbocycles. The highest BCUT2D eigenvalue weighted by molar-refractivity contribution is 7.71. The summed E-state index contributed by atoms with van der Waals surface area (Å²) < 4.78 is 68.8. The lowest BCUT2D eigenvalue weighted by Gasteiger charge is -2.28. The minimum atomic E-state index is -4.34. The number of aromatic nitrogens is 3. The van der Waals surface area contributed by atoms with Crippen LogP contribution >= 0.6 is 12.2 Å². The van der Waals surface area contributed by atoms with Crippen molar-refractivity contribution in [1.82, 2.24) is 15.2 Å². The van der Waals surface area contributed by atoms with E-state index >= 15 is 0 Å². The van der Waals surface area contributed by atoms with Crippen molar-refractivity contribution in [3.63, 3.8) is 0 Å². The molecule has 3 heterocycles. The number of halogens is 5. The Morgan fingerprint density at radius 2 is 1.78 bits per heavy atom. The summed E-state index contributed by atoms with van der Waals surface area (Å²) in [5.74, 6) is -2.99. The van der Waals surface area contributed by atoms with Crippen molar-refractivity contribution in [1.29, 1.82) is 0 Å². The first kappa shape index (κ1) is 27.3. The Morgan fingerprint density at radius 1 is 1.11 bits per heavy atom. The van der Waals surface area contributed by atoms with Crippen molar-refractivity contribution in [2.75, 3.05) is 23.3 Å². The Labute approximate surface area is 210 Å². The Kier molecular flexibility index (Phi) is 8.49. The minimum Gasteiger partial charge on any atom is -0.356 e. The van der Waals surface area contributed by atoms with Gasteiger partial charge < -0.3 is 10.2 Å². The van der Waals surface area contributed by atoms with Gasteiger partial charge in [0.15, 0.2) is 0 Å². The van der Waals surface area contributed by atoms with Crippen LogP contribution in [0.4, 0.5) is 39.1 Å². The zero-order valence-corrected chi connectivity index (χ0v) is 21.0. The SMILES string of the molecule is CC.CCCN(CC(C)C(F)(F)F)c1cc2c(cn1)NC(c1c(F)cccc1F)=Nc1c-2[nH][nH]c1=S. The lowest BCUT2D eigenvalue weighted by Crippen LogP contribution is -2.36. The molecule has 6 nitrogen and oxygen atoms in total. The normalized spacial score (nSPS) is 13.3. The maximum absolute atomic E-state index is 14.5. The smallest absolute Gasteiger partial charge is 0.356 e. The van der Waals surface area contributed by atoms with Crippen molar-refractivity contribution in [3.05, 3.63) is 52.3 Å². The van der Waals surface area contributed by atoms with E-state index in [0.717, 1.165) is 19.1 Å². The topological polar surface area (TPSA) is 72.1 Å². The summed E-state index contributed by atoms with van der Waals surface area (Å²) in [5.41, 5.74) is 1.13. The van der Waals surface area contributed by atoms with E-state index in [-0.39, 0.29) is 28.3 Å². The van der Waals surface area contributed by atoms with Crippen molar-refractivity contribution >= 4 is 35.2 Å². The summed E-state index contributed by atoms with van der Waals surface area (Å²) in [5, 5.41) is 8.57. The number of aromatic amines is 2. The summed E-state index contributed by atoms with van der Waals surface area (Å²) in [6.45, 7) is 7.08. The summed E-state index contributed by atoms with van der Waals surface area (Å²) in [6.07, 6.45) is -2.33. The number of anilines is 2. The van der Waals surface area contributed by atoms with E-state index < -0.39 is 23.7 Å². The number of H-pyrrole nitrogens is 2. The Balaban J connectivity index is 0.00000176. The molecule has 1 unspecified atom stereocenters. The molecule has 0 fully saturated rings. The molecule has 1 aliphatic rings. The van der Waals surface area contributed by atoms with Gasteiger partial charge in [0.2, 0.25) is 0 Å².